The van der Waals surface area contributed by atoms with E-state index in [1.807, 2.05) is 0 Å². The molecule has 0 unspecified atom stereocenters. The molecule has 0 radical (unpaired) electrons. The average molecular weight is 191 g/mol. The standard InChI is InChI=1S/C7H6O3.2Mg.4H/c8-6-4-2-1-3-5(6)7(9)10;;;;;;/h1-4,8H,(H,9,10);;;;;;/q;2*+2;4*-1. The minimum absolute atomic E-state index is 0. The molecular weight excluding hydrogens is 181 g/mol. The van der Waals surface area contributed by atoms with Crippen molar-refractivity contribution < 1.29 is 20.7 Å². The first kappa shape index (κ1) is 14.5. The molecule has 0 fully saturated rings. The average Bonchev–Trinajstić information content (AvgIpc) is 1.88. The maximum Gasteiger partial charge on any atom is 2.00 e. The van der Waals surface area contributed by atoms with Crippen molar-refractivity contribution >= 4 is 52.1 Å². The SMILES string of the molecule is O=C(O)c1ccccc1O.[H-].[H-].[H-].[H-].[Mg+2].[Mg+2]. The van der Waals surface area contributed by atoms with Gasteiger partial charge < -0.3 is 15.9 Å². The number of phenols is 1. The molecular formula is C7H10Mg2O3. The van der Waals surface area contributed by atoms with E-state index in [2.05, 4.69) is 0 Å². The number of para-hydroxylation sites is 1. The molecule has 0 atom stereocenters. The molecule has 1 aromatic rings. The van der Waals surface area contributed by atoms with Gasteiger partial charge in [-0.3, -0.25) is 0 Å². The summed E-state index contributed by atoms with van der Waals surface area (Å²) in [6.07, 6.45) is 0. The van der Waals surface area contributed by atoms with Gasteiger partial charge in [-0.15, -0.1) is 0 Å². The van der Waals surface area contributed by atoms with Gasteiger partial charge in [0.2, 0.25) is 0 Å². The fourth-order valence-corrected chi connectivity index (χ4v) is 0.654. The molecule has 0 amide bonds. The quantitative estimate of drug-likeness (QED) is 0.644. The Labute approximate surface area is 108 Å². The number of rotatable bonds is 1. The molecule has 0 saturated carbocycles. The van der Waals surface area contributed by atoms with E-state index in [9.17, 15) is 4.79 Å². The van der Waals surface area contributed by atoms with Gasteiger partial charge in [0.25, 0.3) is 0 Å². The molecule has 1 aromatic carbocycles. The molecule has 1 rings (SSSR count). The van der Waals surface area contributed by atoms with Crippen molar-refractivity contribution in [2.45, 2.75) is 0 Å². The molecule has 3 nitrogen and oxygen atoms in total. The van der Waals surface area contributed by atoms with E-state index in [1.165, 1.54) is 12.1 Å². The van der Waals surface area contributed by atoms with Crippen LogP contribution >= 0.6 is 0 Å². The summed E-state index contributed by atoms with van der Waals surface area (Å²) in [7, 11) is 0. The number of hydrogen-bond acceptors (Lipinski definition) is 2. The van der Waals surface area contributed by atoms with Crippen LogP contribution in [0.2, 0.25) is 0 Å². The first-order valence-corrected chi connectivity index (χ1v) is 2.73. The summed E-state index contributed by atoms with van der Waals surface area (Å²) in [5, 5.41) is 17.3. The fraction of sp³-hybridized carbons (Fsp3) is 0. The summed E-state index contributed by atoms with van der Waals surface area (Å²) < 4.78 is 0. The number of aromatic hydroxyl groups is 1. The second kappa shape index (κ2) is 6.53. The largest absolute Gasteiger partial charge is 2.00 e. The molecule has 0 heterocycles. The van der Waals surface area contributed by atoms with E-state index >= 15 is 0 Å². The first-order valence-electron chi connectivity index (χ1n) is 2.73. The number of hydrogen-bond donors (Lipinski definition) is 2. The topological polar surface area (TPSA) is 57.5 Å². The number of carbonyl (C=O) groups is 1. The van der Waals surface area contributed by atoms with Gasteiger partial charge in [-0.2, -0.15) is 0 Å². The summed E-state index contributed by atoms with van der Waals surface area (Å²) in [4.78, 5) is 10.3. The van der Waals surface area contributed by atoms with Crippen molar-refractivity contribution in [1.82, 2.24) is 0 Å². The second-order valence-corrected chi connectivity index (χ2v) is 1.82. The molecule has 0 spiro atoms. The number of carboxylic acids is 1. The minimum atomic E-state index is -1.11. The molecule has 0 aliphatic carbocycles. The summed E-state index contributed by atoms with van der Waals surface area (Å²) in [6, 6.07) is 5.81. The van der Waals surface area contributed by atoms with E-state index in [0.29, 0.717) is 0 Å². The number of aromatic carboxylic acids is 1. The van der Waals surface area contributed by atoms with E-state index in [-0.39, 0.29) is 63.1 Å². The van der Waals surface area contributed by atoms with Gasteiger partial charge >= 0.3 is 52.1 Å². The van der Waals surface area contributed by atoms with Gasteiger partial charge in [-0.05, 0) is 12.1 Å². The van der Waals surface area contributed by atoms with Crippen molar-refractivity contribution in [2.24, 2.45) is 0 Å². The van der Waals surface area contributed by atoms with E-state index in [1.54, 1.807) is 12.1 Å². The summed E-state index contributed by atoms with van der Waals surface area (Å²) in [5.41, 5.74) is -0.0671. The molecule has 60 valence electrons. The van der Waals surface area contributed by atoms with Crippen LogP contribution in [0.3, 0.4) is 0 Å². The third-order valence-corrected chi connectivity index (χ3v) is 1.13. The maximum absolute atomic E-state index is 10.3. The Morgan fingerprint density at radius 2 is 1.75 bits per heavy atom. The molecule has 0 aliphatic rings. The Balaban J connectivity index is -0.0000000417. The predicted molar refractivity (Wildman–Crippen MR) is 51.0 cm³/mol. The van der Waals surface area contributed by atoms with Crippen LogP contribution in [0, 0.1) is 0 Å². The molecule has 0 aromatic heterocycles. The molecule has 2 N–H and O–H groups in total. The summed E-state index contributed by atoms with van der Waals surface area (Å²) >= 11 is 0. The van der Waals surface area contributed by atoms with Crippen LogP contribution in [-0.2, 0) is 0 Å². The first-order chi connectivity index (χ1) is 4.72. The third-order valence-electron chi connectivity index (χ3n) is 1.13. The van der Waals surface area contributed by atoms with E-state index < -0.39 is 5.97 Å². The van der Waals surface area contributed by atoms with Crippen molar-refractivity contribution in [1.29, 1.82) is 0 Å². The Morgan fingerprint density at radius 3 is 2.08 bits per heavy atom. The van der Waals surface area contributed by atoms with Crippen LogP contribution in [-0.4, -0.2) is 62.3 Å². The van der Waals surface area contributed by atoms with Crippen molar-refractivity contribution in [3.8, 4) is 5.75 Å². The van der Waals surface area contributed by atoms with Gasteiger partial charge in [-0.1, -0.05) is 12.1 Å². The third kappa shape index (κ3) is 3.62. The summed E-state index contributed by atoms with van der Waals surface area (Å²) in [5.74, 6) is -1.31. The fourth-order valence-electron chi connectivity index (χ4n) is 0.654. The smallest absolute Gasteiger partial charge is 1.00 e. The van der Waals surface area contributed by atoms with Gasteiger partial charge in [-0.25, -0.2) is 4.79 Å². The van der Waals surface area contributed by atoms with Gasteiger partial charge in [0.05, 0.1) is 0 Å². The van der Waals surface area contributed by atoms with Crippen LogP contribution in [0.5, 0.6) is 5.75 Å². The normalized spacial score (nSPS) is 7.67. The van der Waals surface area contributed by atoms with E-state index in [0.717, 1.165) is 0 Å². The molecule has 0 aliphatic heterocycles. The van der Waals surface area contributed by atoms with Crippen LogP contribution in [0.4, 0.5) is 0 Å². The van der Waals surface area contributed by atoms with Crippen LogP contribution in [0.25, 0.3) is 0 Å². The van der Waals surface area contributed by atoms with E-state index in [4.69, 9.17) is 10.2 Å². The van der Waals surface area contributed by atoms with Gasteiger partial charge in [0.15, 0.2) is 0 Å². The Morgan fingerprint density at radius 1 is 1.25 bits per heavy atom. The predicted octanol–water partition coefficient (Wildman–Crippen LogP) is 0.779. The molecule has 5 heteroatoms. The molecule has 0 saturated heterocycles. The second-order valence-electron chi connectivity index (χ2n) is 1.82. The van der Waals surface area contributed by atoms with Gasteiger partial charge in [0, 0.05) is 0 Å². The van der Waals surface area contributed by atoms with Crippen molar-refractivity contribution in [3.63, 3.8) is 0 Å². The van der Waals surface area contributed by atoms with Crippen molar-refractivity contribution in [2.75, 3.05) is 0 Å². The van der Waals surface area contributed by atoms with Crippen LogP contribution < -0.4 is 0 Å². The molecule has 12 heavy (non-hydrogen) atoms. The number of carboxylic acid groups (broad SMARTS) is 1. The zero-order valence-corrected chi connectivity index (χ0v) is 9.35. The maximum atomic E-state index is 10.3. The molecule has 0 bridgehead atoms. The van der Waals surface area contributed by atoms with Crippen LogP contribution in [0.15, 0.2) is 24.3 Å². The number of benzene rings is 1. The zero-order valence-electron chi connectivity index (χ0n) is 10.5. The van der Waals surface area contributed by atoms with Crippen LogP contribution in [0.1, 0.15) is 16.1 Å². The Kier molecular flexibility index (Phi) is 7.91. The van der Waals surface area contributed by atoms with Gasteiger partial charge in [0.1, 0.15) is 11.3 Å². The zero-order chi connectivity index (χ0) is 7.56. The van der Waals surface area contributed by atoms with Crippen molar-refractivity contribution in [3.05, 3.63) is 29.8 Å². The Hall–Kier alpha value is 0.0225. The Bertz CT molecular complexity index is 276. The minimum Gasteiger partial charge on any atom is -1.00 e. The summed E-state index contributed by atoms with van der Waals surface area (Å²) in [6.45, 7) is 0. The monoisotopic (exact) mass is 190 g/mol.